The molecule has 0 radical (unpaired) electrons. The molecule has 0 bridgehead atoms. The second-order valence-electron chi connectivity index (χ2n) is 5.40. The number of hydrogen-bond acceptors (Lipinski definition) is 6. The lowest BCUT2D eigenvalue weighted by atomic mass is 10.1. The summed E-state index contributed by atoms with van der Waals surface area (Å²) in [5, 5.41) is 2.63. The lowest BCUT2D eigenvalue weighted by molar-refractivity contribution is -0.119. The molecule has 2 aromatic carbocycles. The number of carbonyl (C=O) groups excluding carboxylic acids is 2. The smallest absolute Gasteiger partial charge is 0.342 e. The minimum Gasteiger partial charge on any atom is -0.496 e. The minimum atomic E-state index is -0.631. The Bertz CT molecular complexity index is 803. The van der Waals surface area contributed by atoms with E-state index < -0.39 is 18.5 Å². The van der Waals surface area contributed by atoms with Gasteiger partial charge >= 0.3 is 5.97 Å². The first-order valence-corrected chi connectivity index (χ1v) is 7.82. The molecule has 0 aromatic heterocycles. The van der Waals surface area contributed by atoms with E-state index in [1.165, 1.54) is 21.3 Å². The van der Waals surface area contributed by atoms with Crippen molar-refractivity contribution >= 4 is 17.6 Å². The molecule has 2 rings (SSSR count). The lowest BCUT2D eigenvalue weighted by Gasteiger charge is -2.11. The summed E-state index contributed by atoms with van der Waals surface area (Å²) in [6.07, 6.45) is 0. The van der Waals surface area contributed by atoms with Gasteiger partial charge in [0.25, 0.3) is 5.91 Å². The number of carbonyl (C=O) groups is 2. The molecule has 0 unspecified atom stereocenters. The van der Waals surface area contributed by atoms with E-state index >= 15 is 0 Å². The number of hydrogen-bond donors (Lipinski definition) is 1. The molecule has 0 fully saturated rings. The van der Waals surface area contributed by atoms with E-state index in [4.69, 9.17) is 18.9 Å². The first-order chi connectivity index (χ1) is 12.5. The van der Waals surface area contributed by atoms with Crippen molar-refractivity contribution in [1.29, 1.82) is 0 Å². The molecule has 0 aliphatic heterocycles. The van der Waals surface area contributed by atoms with Gasteiger partial charge in [0, 0.05) is 11.8 Å². The second kappa shape index (κ2) is 8.75. The maximum atomic E-state index is 12.2. The van der Waals surface area contributed by atoms with Gasteiger partial charge in [-0.3, -0.25) is 4.79 Å². The van der Waals surface area contributed by atoms with Crippen LogP contribution in [0.5, 0.6) is 17.2 Å². The van der Waals surface area contributed by atoms with E-state index in [-0.39, 0.29) is 5.56 Å². The third kappa shape index (κ3) is 4.66. The number of amides is 1. The van der Waals surface area contributed by atoms with Gasteiger partial charge in [0.1, 0.15) is 11.3 Å². The molecule has 7 heteroatoms. The average molecular weight is 359 g/mol. The topological polar surface area (TPSA) is 83.1 Å². The predicted octanol–water partition coefficient (Wildman–Crippen LogP) is 2.82. The Labute approximate surface area is 151 Å². The van der Waals surface area contributed by atoms with Crippen molar-refractivity contribution in [2.24, 2.45) is 0 Å². The van der Waals surface area contributed by atoms with Crippen LogP contribution in [0.2, 0.25) is 0 Å². The fourth-order valence-electron chi connectivity index (χ4n) is 2.30. The van der Waals surface area contributed by atoms with E-state index in [0.717, 1.165) is 5.56 Å². The molecule has 0 aliphatic rings. The summed E-state index contributed by atoms with van der Waals surface area (Å²) in [6, 6.07) is 10.1. The van der Waals surface area contributed by atoms with Gasteiger partial charge in [-0.2, -0.15) is 0 Å². The number of methoxy groups -OCH3 is 3. The Morgan fingerprint density at radius 3 is 2.19 bits per heavy atom. The predicted molar refractivity (Wildman–Crippen MR) is 96.2 cm³/mol. The normalized spacial score (nSPS) is 10.0. The van der Waals surface area contributed by atoms with Gasteiger partial charge < -0.3 is 24.3 Å². The Morgan fingerprint density at radius 1 is 0.885 bits per heavy atom. The van der Waals surface area contributed by atoms with E-state index in [1.807, 2.05) is 13.0 Å². The summed E-state index contributed by atoms with van der Waals surface area (Å²) in [5.41, 5.74) is 1.65. The number of anilines is 1. The zero-order chi connectivity index (χ0) is 19.1. The standard InChI is InChI=1S/C19H21NO6/c1-12-5-7-15(23-2)14(9-12)19(22)26-11-18(21)20-13-6-8-16(24-3)17(10-13)25-4/h5-10H,11H2,1-4H3,(H,20,21). The molecule has 0 saturated heterocycles. The van der Waals surface area contributed by atoms with Crippen LogP contribution in [-0.4, -0.2) is 39.8 Å². The maximum absolute atomic E-state index is 12.2. The second-order valence-corrected chi connectivity index (χ2v) is 5.40. The van der Waals surface area contributed by atoms with Gasteiger partial charge in [0.2, 0.25) is 0 Å². The van der Waals surface area contributed by atoms with Crippen molar-refractivity contribution in [3.05, 3.63) is 47.5 Å². The van der Waals surface area contributed by atoms with E-state index in [2.05, 4.69) is 5.32 Å². The maximum Gasteiger partial charge on any atom is 0.342 e. The van der Waals surface area contributed by atoms with Crippen LogP contribution in [0.4, 0.5) is 5.69 Å². The summed E-state index contributed by atoms with van der Waals surface area (Å²) in [5.74, 6) is 0.307. The SMILES string of the molecule is COc1ccc(NC(=O)COC(=O)c2cc(C)ccc2OC)cc1OC. The van der Waals surface area contributed by atoms with Gasteiger partial charge in [-0.25, -0.2) is 4.79 Å². The summed E-state index contributed by atoms with van der Waals surface area (Å²) in [4.78, 5) is 24.2. The van der Waals surface area contributed by atoms with E-state index in [0.29, 0.717) is 22.9 Å². The van der Waals surface area contributed by atoms with Crippen molar-refractivity contribution < 1.29 is 28.5 Å². The van der Waals surface area contributed by atoms with Crippen molar-refractivity contribution in [1.82, 2.24) is 0 Å². The van der Waals surface area contributed by atoms with Crippen LogP contribution < -0.4 is 19.5 Å². The molecule has 0 atom stereocenters. The van der Waals surface area contributed by atoms with Crippen molar-refractivity contribution in [3.63, 3.8) is 0 Å². The molecule has 0 spiro atoms. The highest BCUT2D eigenvalue weighted by Gasteiger charge is 2.16. The Morgan fingerprint density at radius 2 is 1.54 bits per heavy atom. The zero-order valence-electron chi connectivity index (χ0n) is 15.1. The van der Waals surface area contributed by atoms with Gasteiger partial charge in [0.05, 0.1) is 21.3 Å². The molecule has 26 heavy (non-hydrogen) atoms. The Balaban J connectivity index is 1.99. The first-order valence-electron chi connectivity index (χ1n) is 7.82. The molecule has 0 saturated carbocycles. The zero-order valence-corrected chi connectivity index (χ0v) is 15.1. The van der Waals surface area contributed by atoms with Gasteiger partial charge in [-0.05, 0) is 31.2 Å². The summed E-state index contributed by atoms with van der Waals surface area (Å²) < 4.78 is 20.5. The van der Waals surface area contributed by atoms with Crippen LogP contribution in [-0.2, 0) is 9.53 Å². The van der Waals surface area contributed by atoms with Crippen LogP contribution in [0, 0.1) is 6.92 Å². The third-order valence-electron chi connectivity index (χ3n) is 3.58. The van der Waals surface area contributed by atoms with Crippen molar-refractivity contribution in [2.75, 3.05) is 33.3 Å². The molecule has 1 amide bonds. The molecular formula is C19H21NO6. The van der Waals surface area contributed by atoms with Crippen LogP contribution in [0.15, 0.2) is 36.4 Å². The van der Waals surface area contributed by atoms with Crippen LogP contribution in [0.1, 0.15) is 15.9 Å². The third-order valence-corrected chi connectivity index (χ3v) is 3.58. The highest BCUT2D eigenvalue weighted by molar-refractivity contribution is 5.97. The Hall–Kier alpha value is -3.22. The fourth-order valence-corrected chi connectivity index (χ4v) is 2.30. The number of aryl methyl sites for hydroxylation is 1. The van der Waals surface area contributed by atoms with Crippen molar-refractivity contribution in [3.8, 4) is 17.2 Å². The first kappa shape index (κ1) is 19.1. The summed E-state index contributed by atoms with van der Waals surface area (Å²) in [7, 11) is 4.49. The van der Waals surface area contributed by atoms with Gasteiger partial charge in [0.15, 0.2) is 18.1 Å². The quantitative estimate of drug-likeness (QED) is 0.766. The number of esters is 1. The lowest BCUT2D eigenvalue weighted by Crippen LogP contribution is -2.21. The molecule has 138 valence electrons. The fraction of sp³-hybridized carbons (Fsp3) is 0.263. The highest BCUT2D eigenvalue weighted by atomic mass is 16.5. The molecule has 2 aromatic rings. The van der Waals surface area contributed by atoms with Crippen LogP contribution in [0.25, 0.3) is 0 Å². The van der Waals surface area contributed by atoms with Gasteiger partial charge in [-0.1, -0.05) is 11.6 Å². The summed E-state index contributed by atoms with van der Waals surface area (Å²) in [6.45, 7) is 1.42. The largest absolute Gasteiger partial charge is 0.496 e. The summed E-state index contributed by atoms with van der Waals surface area (Å²) >= 11 is 0. The number of benzene rings is 2. The average Bonchev–Trinajstić information content (AvgIpc) is 2.65. The number of rotatable bonds is 7. The monoisotopic (exact) mass is 359 g/mol. The highest BCUT2D eigenvalue weighted by Crippen LogP contribution is 2.29. The molecule has 7 nitrogen and oxygen atoms in total. The Kier molecular flexibility index (Phi) is 6.43. The number of nitrogens with one attached hydrogen (secondary N) is 1. The minimum absolute atomic E-state index is 0.270. The van der Waals surface area contributed by atoms with Gasteiger partial charge in [-0.15, -0.1) is 0 Å². The van der Waals surface area contributed by atoms with E-state index in [9.17, 15) is 9.59 Å². The number of ether oxygens (including phenoxy) is 4. The van der Waals surface area contributed by atoms with Crippen molar-refractivity contribution in [2.45, 2.75) is 6.92 Å². The van der Waals surface area contributed by atoms with Crippen LogP contribution >= 0.6 is 0 Å². The van der Waals surface area contributed by atoms with E-state index in [1.54, 1.807) is 30.3 Å². The molecular weight excluding hydrogens is 338 g/mol. The molecule has 0 heterocycles. The molecule has 1 N–H and O–H groups in total. The van der Waals surface area contributed by atoms with Crippen LogP contribution in [0.3, 0.4) is 0 Å². The molecule has 0 aliphatic carbocycles.